The second-order valence-corrected chi connectivity index (χ2v) is 6.06. The number of furan rings is 1. The highest BCUT2D eigenvalue weighted by Gasteiger charge is 2.23. The quantitative estimate of drug-likeness (QED) is 0.709. The molecule has 5 nitrogen and oxygen atoms in total. The topological polar surface area (TPSA) is 68.7 Å². The number of carbonyl (C=O) groups excluding carboxylic acids is 1. The van der Waals surface area contributed by atoms with Gasteiger partial charge in [-0.2, -0.15) is 0 Å². The van der Waals surface area contributed by atoms with Gasteiger partial charge in [-0.05, 0) is 37.9 Å². The minimum atomic E-state index is -0.323. The Balaban J connectivity index is 2.80. The van der Waals surface area contributed by atoms with Crippen LogP contribution in [0.4, 0.5) is 0 Å². The van der Waals surface area contributed by atoms with E-state index in [0.29, 0.717) is 31.0 Å². The number of hydrogen-bond donors (Lipinski definition) is 1. The predicted octanol–water partition coefficient (Wildman–Crippen LogP) is 2.65. The van der Waals surface area contributed by atoms with Gasteiger partial charge in [0.05, 0.1) is 19.4 Å². The third kappa shape index (κ3) is 5.52. The van der Waals surface area contributed by atoms with E-state index in [2.05, 4.69) is 25.7 Å². The fourth-order valence-electron chi connectivity index (χ4n) is 2.26. The first-order valence-corrected chi connectivity index (χ1v) is 7.59. The average molecular weight is 296 g/mol. The molecule has 1 heterocycles. The van der Waals surface area contributed by atoms with E-state index >= 15 is 0 Å². The van der Waals surface area contributed by atoms with Crippen LogP contribution in [0.2, 0.25) is 0 Å². The van der Waals surface area contributed by atoms with Crippen molar-refractivity contribution < 1.29 is 13.9 Å². The van der Waals surface area contributed by atoms with Crippen LogP contribution in [0.5, 0.6) is 0 Å². The first kappa shape index (κ1) is 17.7. The van der Waals surface area contributed by atoms with E-state index in [-0.39, 0.29) is 11.4 Å². The van der Waals surface area contributed by atoms with Crippen molar-refractivity contribution in [3.05, 3.63) is 23.7 Å². The van der Waals surface area contributed by atoms with Gasteiger partial charge in [0.2, 0.25) is 0 Å². The van der Waals surface area contributed by atoms with Crippen LogP contribution in [0.3, 0.4) is 0 Å². The van der Waals surface area contributed by atoms with Gasteiger partial charge in [-0.3, -0.25) is 4.90 Å². The summed E-state index contributed by atoms with van der Waals surface area (Å²) in [5.41, 5.74) is 6.37. The molecule has 0 amide bonds. The summed E-state index contributed by atoms with van der Waals surface area (Å²) in [6.07, 6.45) is 2.58. The standard InChI is InChI=1S/C16H28N2O3/c1-5-8-18(12-16(3,4)11-17)10-14-13(7-9-21-14)15(19)20-6-2/h7,9H,5-6,8,10-12,17H2,1-4H3. The minimum absolute atomic E-state index is 0.0336. The van der Waals surface area contributed by atoms with Crippen molar-refractivity contribution in [1.29, 1.82) is 0 Å². The Kier molecular flexibility index (Phi) is 6.92. The van der Waals surface area contributed by atoms with E-state index in [1.807, 2.05) is 0 Å². The summed E-state index contributed by atoms with van der Waals surface area (Å²) in [5.74, 6) is 0.338. The molecule has 0 aliphatic rings. The van der Waals surface area contributed by atoms with Crippen LogP contribution in [0.1, 0.15) is 50.2 Å². The van der Waals surface area contributed by atoms with Crippen LogP contribution >= 0.6 is 0 Å². The van der Waals surface area contributed by atoms with Crippen molar-refractivity contribution in [1.82, 2.24) is 4.90 Å². The molecule has 0 aliphatic heterocycles. The Hall–Kier alpha value is -1.33. The van der Waals surface area contributed by atoms with Crippen molar-refractivity contribution >= 4 is 5.97 Å². The number of rotatable bonds is 9. The summed E-state index contributed by atoms with van der Waals surface area (Å²) in [7, 11) is 0. The largest absolute Gasteiger partial charge is 0.467 e. The van der Waals surface area contributed by atoms with Gasteiger partial charge >= 0.3 is 5.97 Å². The molecule has 0 atom stereocenters. The molecule has 0 spiro atoms. The molecular formula is C16H28N2O3. The van der Waals surface area contributed by atoms with Gasteiger partial charge < -0.3 is 14.9 Å². The molecule has 0 radical (unpaired) electrons. The summed E-state index contributed by atoms with van der Waals surface area (Å²) in [6, 6.07) is 1.67. The highest BCUT2D eigenvalue weighted by molar-refractivity contribution is 5.90. The molecule has 0 aromatic carbocycles. The fourth-order valence-corrected chi connectivity index (χ4v) is 2.26. The van der Waals surface area contributed by atoms with Gasteiger partial charge in [0.15, 0.2) is 0 Å². The number of hydrogen-bond acceptors (Lipinski definition) is 5. The molecular weight excluding hydrogens is 268 g/mol. The summed E-state index contributed by atoms with van der Waals surface area (Å²) in [5, 5.41) is 0. The number of carbonyl (C=O) groups is 1. The predicted molar refractivity (Wildman–Crippen MR) is 83.1 cm³/mol. The smallest absolute Gasteiger partial charge is 0.341 e. The van der Waals surface area contributed by atoms with Gasteiger partial charge in [0, 0.05) is 6.54 Å². The van der Waals surface area contributed by atoms with Crippen LogP contribution in [-0.4, -0.2) is 37.1 Å². The van der Waals surface area contributed by atoms with Crippen LogP contribution in [0.15, 0.2) is 16.7 Å². The van der Waals surface area contributed by atoms with Gasteiger partial charge in [-0.25, -0.2) is 4.79 Å². The lowest BCUT2D eigenvalue weighted by molar-refractivity contribution is 0.0521. The first-order valence-electron chi connectivity index (χ1n) is 7.59. The minimum Gasteiger partial charge on any atom is -0.467 e. The van der Waals surface area contributed by atoms with Gasteiger partial charge in [0.25, 0.3) is 0 Å². The Morgan fingerprint density at radius 2 is 2.14 bits per heavy atom. The van der Waals surface area contributed by atoms with Crippen LogP contribution in [0.25, 0.3) is 0 Å². The zero-order chi connectivity index (χ0) is 15.9. The molecule has 2 N–H and O–H groups in total. The highest BCUT2D eigenvalue weighted by atomic mass is 16.5. The lowest BCUT2D eigenvalue weighted by atomic mass is 9.93. The van der Waals surface area contributed by atoms with Gasteiger partial charge in [-0.15, -0.1) is 0 Å². The number of nitrogens with zero attached hydrogens (tertiary/aromatic N) is 1. The molecule has 0 aliphatic carbocycles. The molecule has 1 aromatic heterocycles. The summed E-state index contributed by atoms with van der Waals surface area (Å²) in [4.78, 5) is 14.2. The third-order valence-electron chi connectivity index (χ3n) is 3.35. The van der Waals surface area contributed by atoms with Crippen LogP contribution in [-0.2, 0) is 11.3 Å². The zero-order valence-corrected chi connectivity index (χ0v) is 13.6. The third-order valence-corrected chi connectivity index (χ3v) is 3.35. The second kappa shape index (κ2) is 8.20. The Morgan fingerprint density at radius 1 is 1.43 bits per heavy atom. The van der Waals surface area contributed by atoms with E-state index in [4.69, 9.17) is 14.9 Å². The van der Waals surface area contributed by atoms with E-state index in [1.54, 1.807) is 19.3 Å². The Morgan fingerprint density at radius 3 is 2.71 bits per heavy atom. The molecule has 120 valence electrons. The second-order valence-electron chi connectivity index (χ2n) is 6.06. The van der Waals surface area contributed by atoms with Gasteiger partial charge in [0.1, 0.15) is 11.3 Å². The van der Waals surface area contributed by atoms with Crippen molar-refractivity contribution in [2.24, 2.45) is 11.1 Å². The SMILES string of the molecule is CCCN(Cc1occc1C(=O)OCC)CC(C)(C)CN. The molecule has 0 bridgehead atoms. The van der Waals surface area contributed by atoms with E-state index < -0.39 is 0 Å². The highest BCUT2D eigenvalue weighted by Crippen LogP contribution is 2.20. The average Bonchev–Trinajstić information content (AvgIpc) is 2.87. The van der Waals surface area contributed by atoms with Crippen LogP contribution < -0.4 is 5.73 Å². The van der Waals surface area contributed by atoms with E-state index in [9.17, 15) is 4.79 Å². The Labute approximate surface area is 127 Å². The van der Waals surface area contributed by atoms with Crippen LogP contribution in [0, 0.1) is 5.41 Å². The van der Waals surface area contributed by atoms with Gasteiger partial charge in [-0.1, -0.05) is 20.8 Å². The number of esters is 1. The summed E-state index contributed by atoms with van der Waals surface area (Å²) < 4.78 is 10.5. The molecule has 0 fully saturated rings. The molecule has 0 saturated heterocycles. The van der Waals surface area contributed by atoms with E-state index in [0.717, 1.165) is 19.5 Å². The maximum Gasteiger partial charge on any atom is 0.341 e. The fraction of sp³-hybridized carbons (Fsp3) is 0.688. The van der Waals surface area contributed by atoms with Crippen molar-refractivity contribution in [2.45, 2.75) is 40.7 Å². The normalized spacial score (nSPS) is 11.9. The lowest BCUT2D eigenvalue weighted by Crippen LogP contribution is -2.39. The maximum atomic E-state index is 11.9. The molecule has 1 rings (SSSR count). The number of nitrogens with two attached hydrogens (primary N) is 1. The first-order chi connectivity index (χ1) is 9.93. The van der Waals surface area contributed by atoms with Crippen molar-refractivity contribution in [2.75, 3.05) is 26.2 Å². The molecule has 0 unspecified atom stereocenters. The molecule has 5 heteroatoms. The Bertz CT molecular complexity index is 440. The monoisotopic (exact) mass is 296 g/mol. The summed E-state index contributed by atoms with van der Waals surface area (Å²) in [6.45, 7) is 11.6. The maximum absolute atomic E-state index is 11.9. The molecule has 0 saturated carbocycles. The summed E-state index contributed by atoms with van der Waals surface area (Å²) >= 11 is 0. The lowest BCUT2D eigenvalue weighted by Gasteiger charge is -2.31. The number of ether oxygens (including phenoxy) is 1. The van der Waals surface area contributed by atoms with Crippen molar-refractivity contribution in [3.63, 3.8) is 0 Å². The molecule has 21 heavy (non-hydrogen) atoms. The zero-order valence-electron chi connectivity index (χ0n) is 13.6. The van der Waals surface area contributed by atoms with E-state index in [1.165, 1.54) is 0 Å². The molecule has 1 aromatic rings. The van der Waals surface area contributed by atoms with Crippen molar-refractivity contribution in [3.8, 4) is 0 Å².